The van der Waals surface area contributed by atoms with E-state index in [-0.39, 0.29) is 29.2 Å². The summed E-state index contributed by atoms with van der Waals surface area (Å²) in [6, 6.07) is -0.0635. The monoisotopic (exact) mass is 197 g/mol. The highest BCUT2D eigenvalue weighted by Crippen LogP contribution is 2.40. The molecule has 1 aliphatic heterocycles. The third kappa shape index (κ3) is 1.68. The van der Waals surface area contributed by atoms with Crippen LogP contribution in [0.1, 0.15) is 41.0 Å². The Morgan fingerprint density at radius 2 is 1.79 bits per heavy atom. The van der Waals surface area contributed by atoms with Crippen LogP contribution >= 0.6 is 0 Å². The van der Waals surface area contributed by atoms with Crippen LogP contribution in [0.4, 0.5) is 0 Å². The quantitative estimate of drug-likeness (QED) is 0.640. The molecule has 1 fully saturated rings. The molecule has 1 saturated heterocycles. The topological polar surface area (TPSA) is 37.4 Å². The summed E-state index contributed by atoms with van der Waals surface area (Å²) >= 11 is 0. The summed E-state index contributed by atoms with van der Waals surface area (Å²) in [5.74, 6) is 0.0981. The largest absolute Gasteiger partial charge is 0.330 e. The van der Waals surface area contributed by atoms with E-state index >= 15 is 0 Å². The average molecular weight is 197 g/mol. The molecule has 80 valence electrons. The predicted octanol–water partition coefficient (Wildman–Crippen LogP) is 1.61. The fourth-order valence-electron chi connectivity index (χ4n) is 2.25. The van der Waals surface area contributed by atoms with E-state index in [4.69, 9.17) is 0 Å². The molecule has 0 aliphatic carbocycles. The lowest BCUT2D eigenvalue weighted by Gasteiger charge is -2.29. The molecule has 2 atom stereocenters. The minimum absolute atomic E-state index is 0.00303. The van der Waals surface area contributed by atoms with Crippen molar-refractivity contribution in [1.29, 1.82) is 0 Å². The maximum Gasteiger partial charge on any atom is 0.220 e. The van der Waals surface area contributed by atoms with E-state index in [9.17, 15) is 9.59 Å². The van der Waals surface area contributed by atoms with Crippen LogP contribution in [-0.4, -0.2) is 28.7 Å². The number of carbonyl (C=O) groups excluding carboxylic acids is 2. The van der Waals surface area contributed by atoms with Gasteiger partial charge >= 0.3 is 0 Å². The van der Waals surface area contributed by atoms with Crippen molar-refractivity contribution in [3.05, 3.63) is 0 Å². The fourth-order valence-corrected chi connectivity index (χ4v) is 2.25. The van der Waals surface area contributed by atoms with E-state index in [0.29, 0.717) is 0 Å². The molecule has 0 aromatic rings. The average Bonchev–Trinajstić information content (AvgIpc) is 2.23. The molecular formula is C11H19NO2. The first kappa shape index (κ1) is 11.2. The number of rotatable bonds is 1. The zero-order valence-corrected chi connectivity index (χ0v) is 9.63. The molecule has 0 saturated carbocycles. The summed E-state index contributed by atoms with van der Waals surface area (Å²) in [5.41, 5.74) is 0.0437. The lowest BCUT2D eigenvalue weighted by molar-refractivity contribution is -0.137. The summed E-state index contributed by atoms with van der Waals surface area (Å²) in [5, 5.41) is 0. The van der Waals surface area contributed by atoms with Crippen LogP contribution in [0.15, 0.2) is 0 Å². The van der Waals surface area contributed by atoms with E-state index in [1.165, 1.54) is 6.92 Å². The Hall–Kier alpha value is -0.860. The second-order valence-corrected chi connectivity index (χ2v) is 4.92. The first-order valence-electron chi connectivity index (χ1n) is 5.06. The summed E-state index contributed by atoms with van der Waals surface area (Å²) in [6.07, 6.45) is 0.781. The fraction of sp³-hybridized carbons (Fsp3) is 0.818. The first-order valence-corrected chi connectivity index (χ1v) is 5.06. The molecule has 3 heteroatoms. The van der Waals surface area contributed by atoms with Crippen molar-refractivity contribution in [2.75, 3.05) is 0 Å². The van der Waals surface area contributed by atoms with Gasteiger partial charge < -0.3 is 4.90 Å². The Balaban J connectivity index is 2.99. The standard InChI is InChI=1S/C11H19NO2/c1-7(13)10-6-11(4,5)8(2)12(10)9(3)14/h8,10H,6H2,1-5H3. The number of carbonyl (C=O) groups is 2. The minimum atomic E-state index is -0.211. The molecule has 1 rings (SSSR count). The maximum atomic E-state index is 11.4. The summed E-state index contributed by atoms with van der Waals surface area (Å²) in [7, 11) is 0. The smallest absolute Gasteiger partial charge is 0.220 e. The molecular weight excluding hydrogens is 178 g/mol. The Labute approximate surface area is 85.5 Å². The first-order chi connectivity index (χ1) is 6.27. The van der Waals surface area contributed by atoms with Crippen LogP contribution in [0.5, 0.6) is 0 Å². The van der Waals surface area contributed by atoms with E-state index in [2.05, 4.69) is 13.8 Å². The molecule has 1 heterocycles. The molecule has 14 heavy (non-hydrogen) atoms. The SMILES string of the molecule is CC(=O)C1CC(C)(C)C(C)N1C(C)=O. The molecule has 0 spiro atoms. The molecule has 2 unspecified atom stereocenters. The summed E-state index contributed by atoms with van der Waals surface area (Å²) < 4.78 is 0. The van der Waals surface area contributed by atoms with Crippen LogP contribution < -0.4 is 0 Å². The third-order valence-corrected chi connectivity index (χ3v) is 3.44. The molecule has 0 N–H and O–H groups in total. The highest BCUT2D eigenvalue weighted by molar-refractivity contribution is 5.87. The van der Waals surface area contributed by atoms with Crippen molar-refractivity contribution in [3.8, 4) is 0 Å². The highest BCUT2D eigenvalue weighted by atomic mass is 16.2. The Morgan fingerprint density at radius 3 is 2.07 bits per heavy atom. The van der Waals surface area contributed by atoms with Gasteiger partial charge in [0.05, 0.1) is 6.04 Å². The second-order valence-electron chi connectivity index (χ2n) is 4.92. The molecule has 0 bridgehead atoms. The molecule has 3 nitrogen and oxygen atoms in total. The minimum Gasteiger partial charge on any atom is -0.330 e. The van der Waals surface area contributed by atoms with Crippen molar-refractivity contribution in [2.45, 2.75) is 53.1 Å². The summed E-state index contributed by atoms with van der Waals surface area (Å²) in [6.45, 7) is 9.33. The lowest BCUT2D eigenvalue weighted by Crippen LogP contribution is -2.43. The van der Waals surface area contributed by atoms with Gasteiger partial charge in [0, 0.05) is 13.0 Å². The van der Waals surface area contributed by atoms with Crippen LogP contribution in [0.25, 0.3) is 0 Å². The van der Waals surface area contributed by atoms with Gasteiger partial charge in [-0.2, -0.15) is 0 Å². The van der Waals surface area contributed by atoms with Gasteiger partial charge in [0.25, 0.3) is 0 Å². The van der Waals surface area contributed by atoms with E-state index < -0.39 is 0 Å². The van der Waals surface area contributed by atoms with Gasteiger partial charge in [-0.05, 0) is 25.7 Å². The Kier molecular flexibility index (Phi) is 2.70. The van der Waals surface area contributed by atoms with E-state index in [1.807, 2.05) is 6.92 Å². The van der Waals surface area contributed by atoms with Gasteiger partial charge in [-0.15, -0.1) is 0 Å². The van der Waals surface area contributed by atoms with Crippen molar-refractivity contribution >= 4 is 11.7 Å². The van der Waals surface area contributed by atoms with Crippen LogP contribution in [0.2, 0.25) is 0 Å². The number of amides is 1. The lowest BCUT2D eigenvalue weighted by atomic mass is 9.84. The molecule has 1 amide bonds. The van der Waals surface area contributed by atoms with Crippen molar-refractivity contribution in [1.82, 2.24) is 4.90 Å². The van der Waals surface area contributed by atoms with E-state index in [1.54, 1.807) is 11.8 Å². The number of nitrogens with zero attached hydrogens (tertiary/aromatic N) is 1. The molecule has 1 aliphatic rings. The van der Waals surface area contributed by atoms with Gasteiger partial charge in [0.1, 0.15) is 0 Å². The number of hydrogen-bond donors (Lipinski definition) is 0. The summed E-state index contributed by atoms with van der Waals surface area (Å²) in [4.78, 5) is 24.6. The zero-order chi connectivity index (χ0) is 11.1. The zero-order valence-electron chi connectivity index (χ0n) is 9.63. The number of likely N-dealkylation sites (tertiary alicyclic amines) is 1. The van der Waals surface area contributed by atoms with Crippen LogP contribution in [0, 0.1) is 5.41 Å². The Bertz CT molecular complexity index is 270. The normalized spacial score (nSPS) is 30.5. The van der Waals surface area contributed by atoms with Gasteiger partial charge in [0.2, 0.25) is 5.91 Å². The van der Waals surface area contributed by atoms with Crippen molar-refractivity contribution < 1.29 is 9.59 Å². The Morgan fingerprint density at radius 1 is 1.29 bits per heavy atom. The number of ketones is 1. The highest BCUT2D eigenvalue weighted by Gasteiger charge is 2.46. The number of hydrogen-bond acceptors (Lipinski definition) is 2. The number of Topliss-reactive ketones (excluding diaryl/α,β-unsaturated/α-hetero) is 1. The van der Waals surface area contributed by atoms with Gasteiger partial charge in [-0.1, -0.05) is 13.8 Å². The predicted molar refractivity (Wildman–Crippen MR) is 54.8 cm³/mol. The van der Waals surface area contributed by atoms with E-state index in [0.717, 1.165) is 6.42 Å². The molecule has 0 aromatic heterocycles. The van der Waals surface area contributed by atoms with Crippen LogP contribution in [-0.2, 0) is 9.59 Å². The molecule has 0 radical (unpaired) electrons. The van der Waals surface area contributed by atoms with Gasteiger partial charge in [0.15, 0.2) is 5.78 Å². The van der Waals surface area contributed by atoms with Crippen molar-refractivity contribution in [3.63, 3.8) is 0 Å². The maximum absolute atomic E-state index is 11.4. The van der Waals surface area contributed by atoms with Gasteiger partial charge in [-0.25, -0.2) is 0 Å². The third-order valence-electron chi connectivity index (χ3n) is 3.44. The van der Waals surface area contributed by atoms with Crippen LogP contribution in [0.3, 0.4) is 0 Å². The molecule has 0 aromatic carbocycles. The van der Waals surface area contributed by atoms with Crippen molar-refractivity contribution in [2.24, 2.45) is 5.41 Å². The second kappa shape index (κ2) is 3.37. The van der Waals surface area contributed by atoms with Gasteiger partial charge in [-0.3, -0.25) is 9.59 Å².